The molecule has 0 aromatic heterocycles. The van der Waals surface area contributed by atoms with E-state index in [1.165, 1.54) is 12.1 Å². The van der Waals surface area contributed by atoms with Gasteiger partial charge >= 0.3 is 0 Å². The van der Waals surface area contributed by atoms with Crippen molar-refractivity contribution >= 4 is 15.9 Å². The second kappa shape index (κ2) is 8.54. The highest BCUT2D eigenvalue weighted by Gasteiger charge is 2.30. The quantitative estimate of drug-likeness (QED) is 0.690. The molecule has 2 N–H and O–H groups in total. The smallest absolute Gasteiger partial charge is 0.241 e. The minimum absolute atomic E-state index is 0.100. The number of amides is 1. The number of ether oxygens (including phenoxy) is 1. The van der Waals surface area contributed by atoms with E-state index in [1.807, 2.05) is 37.3 Å². The van der Waals surface area contributed by atoms with Crippen LogP contribution in [0.4, 0.5) is 0 Å². The molecule has 0 aliphatic heterocycles. The molecule has 1 aliphatic carbocycles. The molecule has 1 fully saturated rings. The molecule has 2 aromatic rings. The fraction of sp³-hybridized carbons (Fsp3) is 0.350. The van der Waals surface area contributed by atoms with Crippen molar-refractivity contribution in [2.75, 3.05) is 6.61 Å². The Kier molecular flexibility index (Phi) is 6.13. The summed E-state index contributed by atoms with van der Waals surface area (Å²) in [5, 5.41) is 2.89. The summed E-state index contributed by atoms with van der Waals surface area (Å²) in [7, 11) is -3.84. The van der Waals surface area contributed by atoms with Crippen molar-refractivity contribution in [1.82, 2.24) is 10.0 Å². The van der Waals surface area contributed by atoms with Crippen molar-refractivity contribution in [2.24, 2.45) is 0 Å². The first-order valence-electron chi connectivity index (χ1n) is 9.07. The normalized spacial score (nSPS) is 15.1. The van der Waals surface area contributed by atoms with E-state index >= 15 is 0 Å². The lowest BCUT2D eigenvalue weighted by atomic mass is 10.1. The van der Waals surface area contributed by atoms with Crippen molar-refractivity contribution in [3.63, 3.8) is 0 Å². The van der Waals surface area contributed by atoms with Gasteiger partial charge in [-0.15, -0.1) is 0 Å². The van der Waals surface area contributed by atoms with Gasteiger partial charge in [0.1, 0.15) is 11.8 Å². The Morgan fingerprint density at radius 2 is 1.78 bits per heavy atom. The molecule has 3 rings (SSSR count). The molecular formula is C20H24N2O4S. The van der Waals surface area contributed by atoms with Gasteiger partial charge in [-0.05, 0) is 56.0 Å². The van der Waals surface area contributed by atoms with Crippen LogP contribution in [0.15, 0.2) is 59.5 Å². The van der Waals surface area contributed by atoms with Crippen LogP contribution < -0.4 is 14.8 Å². The maximum absolute atomic E-state index is 12.8. The van der Waals surface area contributed by atoms with Crippen molar-refractivity contribution in [2.45, 2.75) is 43.2 Å². The van der Waals surface area contributed by atoms with Crippen LogP contribution in [0.2, 0.25) is 0 Å². The zero-order valence-electron chi connectivity index (χ0n) is 15.2. The molecule has 6 nitrogen and oxygen atoms in total. The summed E-state index contributed by atoms with van der Waals surface area (Å²) in [6.07, 6.45) is 2.17. The highest BCUT2D eigenvalue weighted by molar-refractivity contribution is 7.89. The molecule has 1 atom stereocenters. The van der Waals surface area contributed by atoms with E-state index in [-0.39, 0.29) is 23.3 Å². The Morgan fingerprint density at radius 1 is 1.11 bits per heavy atom. The topological polar surface area (TPSA) is 84.5 Å². The predicted octanol–water partition coefficient (Wildman–Crippen LogP) is 2.25. The third-order valence-corrected chi connectivity index (χ3v) is 5.75. The van der Waals surface area contributed by atoms with Crippen LogP contribution in [0.1, 0.15) is 25.3 Å². The van der Waals surface area contributed by atoms with Gasteiger partial charge in [-0.2, -0.15) is 4.72 Å². The SMILES string of the molecule is CCOc1ccc(S(=O)(=O)N[C@H](Cc2ccccc2)C(=O)NC2CC2)cc1. The van der Waals surface area contributed by atoms with Gasteiger partial charge in [0.15, 0.2) is 0 Å². The lowest BCUT2D eigenvalue weighted by molar-refractivity contribution is -0.122. The lowest BCUT2D eigenvalue weighted by Gasteiger charge is -2.19. The number of carbonyl (C=O) groups excluding carboxylic acids is 1. The standard InChI is InChI=1S/C20H24N2O4S/c1-2-26-17-10-12-18(13-11-17)27(24,25)22-19(20(23)21-16-8-9-16)14-15-6-4-3-5-7-15/h3-7,10-13,16,19,22H,2,8-9,14H2,1H3,(H,21,23)/t19-/m1/s1. The van der Waals surface area contributed by atoms with Gasteiger partial charge in [0.25, 0.3) is 0 Å². The number of carbonyl (C=O) groups is 1. The molecule has 0 saturated heterocycles. The average Bonchev–Trinajstić information content (AvgIpc) is 3.46. The van der Waals surface area contributed by atoms with Gasteiger partial charge in [0, 0.05) is 6.04 Å². The van der Waals surface area contributed by atoms with Gasteiger partial charge in [0.2, 0.25) is 15.9 Å². The summed E-state index contributed by atoms with van der Waals surface area (Å²) in [5.41, 5.74) is 0.892. The summed E-state index contributed by atoms with van der Waals surface area (Å²) >= 11 is 0. The van der Waals surface area contributed by atoms with E-state index in [2.05, 4.69) is 10.0 Å². The van der Waals surface area contributed by atoms with Crippen molar-refractivity contribution in [1.29, 1.82) is 0 Å². The number of benzene rings is 2. The molecule has 144 valence electrons. The maximum atomic E-state index is 12.8. The van der Waals surface area contributed by atoms with Crippen LogP contribution in [0, 0.1) is 0 Å². The van der Waals surface area contributed by atoms with Crippen LogP contribution in [-0.2, 0) is 21.2 Å². The van der Waals surface area contributed by atoms with Crippen molar-refractivity contribution < 1.29 is 17.9 Å². The minimum Gasteiger partial charge on any atom is -0.494 e. The monoisotopic (exact) mass is 388 g/mol. The van der Waals surface area contributed by atoms with Crippen molar-refractivity contribution in [3.8, 4) is 5.75 Å². The van der Waals surface area contributed by atoms with Crippen molar-refractivity contribution in [3.05, 3.63) is 60.2 Å². The molecule has 1 amide bonds. The minimum atomic E-state index is -3.84. The molecular weight excluding hydrogens is 364 g/mol. The Morgan fingerprint density at radius 3 is 2.37 bits per heavy atom. The molecule has 27 heavy (non-hydrogen) atoms. The van der Waals surface area contributed by atoms with E-state index in [0.717, 1.165) is 18.4 Å². The van der Waals surface area contributed by atoms with E-state index in [0.29, 0.717) is 12.4 Å². The first kappa shape index (κ1) is 19.4. The first-order valence-corrected chi connectivity index (χ1v) is 10.6. The van der Waals surface area contributed by atoms with Gasteiger partial charge in [-0.25, -0.2) is 8.42 Å². The number of hydrogen-bond acceptors (Lipinski definition) is 4. The fourth-order valence-electron chi connectivity index (χ4n) is 2.70. The second-order valence-electron chi connectivity index (χ2n) is 6.55. The van der Waals surface area contributed by atoms with Gasteiger partial charge in [0.05, 0.1) is 11.5 Å². The van der Waals surface area contributed by atoms with E-state index < -0.39 is 16.1 Å². The van der Waals surface area contributed by atoms with Gasteiger partial charge in [-0.3, -0.25) is 4.79 Å². The van der Waals surface area contributed by atoms with Crippen LogP contribution in [-0.4, -0.2) is 33.0 Å². The summed E-state index contributed by atoms with van der Waals surface area (Å²) in [4.78, 5) is 12.7. The predicted molar refractivity (Wildman–Crippen MR) is 103 cm³/mol. The summed E-state index contributed by atoms with van der Waals surface area (Å²) < 4.78 is 33.5. The molecule has 0 radical (unpaired) electrons. The average molecular weight is 388 g/mol. The van der Waals surface area contributed by atoms with Crippen LogP contribution in [0.25, 0.3) is 0 Å². The van der Waals surface area contributed by atoms with Crippen LogP contribution >= 0.6 is 0 Å². The van der Waals surface area contributed by atoms with E-state index in [1.54, 1.807) is 12.1 Å². The molecule has 7 heteroatoms. The maximum Gasteiger partial charge on any atom is 0.241 e. The highest BCUT2D eigenvalue weighted by Crippen LogP contribution is 2.20. The Balaban J connectivity index is 1.77. The first-order chi connectivity index (χ1) is 13.0. The molecule has 0 bridgehead atoms. The zero-order valence-corrected chi connectivity index (χ0v) is 16.0. The number of hydrogen-bond donors (Lipinski definition) is 2. The molecule has 1 saturated carbocycles. The zero-order chi connectivity index (χ0) is 19.3. The Labute approximate surface area is 160 Å². The molecule has 2 aromatic carbocycles. The summed E-state index contributed by atoms with van der Waals surface area (Å²) in [6.45, 7) is 2.36. The number of nitrogens with one attached hydrogen (secondary N) is 2. The Hall–Kier alpha value is -2.38. The lowest BCUT2D eigenvalue weighted by Crippen LogP contribution is -2.48. The van der Waals surface area contributed by atoms with Crippen LogP contribution in [0.3, 0.4) is 0 Å². The summed E-state index contributed by atoms with van der Waals surface area (Å²) in [6, 6.07) is 14.8. The van der Waals surface area contributed by atoms with Gasteiger partial charge in [-0.1, -0.05) is 30.3 Å². The summed E-state index contributed by atoms with van der Waals surface area (Å²) in [5.74, 6) is 0.305. The van der Waals surface area contributed by atoms with Gasteiger partial charge < -0.3 is 10.1 Å². The highest BCUT2D eigenvalue weighted by atomic mass is 32.2. The molecule has 0 spiro atoms. The van der Waals surface area contributed by atoms with Crippen LogP contribution in [0.5, 0.6) is 5.75 Å². The fourth-order valence-corrected chi connectivity index (χ4v) is 3.90. The third kappa shape index (κ3) is 5.55. The molecule has 0 heterocycles. The molecule has 0 unspecified atom stereocenters. The molecule has 1 aliphatic rings. The number of rotatable bonds is 9. The second-order valence-corrected chi connectivity index (χ2v) is 8.26. The Bertz CT molecular complexity index is 863. The number of sulfonamides is 1. The largest absolute Gasteiger partial charge is 0.494 e. The third-order valence-electron chi connectivity index (χ3n) is 4.27. The van der Waals surface area contributed by atoms with E-state index in [4.69, 9.17) is 4.74 Å². The van der Waals surface area contributed by atoms with E-state index in [9.17, 15) is 13.2 Å².